The van der Waals surface area contributed by atoms with E-state index in [4.69, 9.17) is 0 Å². The smallest absolute Gasteiger partial charge is 0.325 e. The molecule has 0 bridgehead atoms. The molecule has 0 atom stereocenters. The van der Waals surface area contributed by atoms with E-state index in [0.29, 0.717) is 17.6 Å². The molecule has 0 spiro atoms. The number of aromatic nitrogens is 4. The molecule has 3 rings (SSSR count). The van der Waals surface area contributed by atoms with Gasteiger partial charge >= 0.3 is 5.69 Å². The number of nitrogens with zero attached hydrogens (tertiary/aromatic N) is 3. The van der Waals surface area contributed by atoms with Crippen molar-refractivity contribution in [3.05, 3.63) is 62.6 Å². The van der Waals surface area contributed by atoms with E-state index in [1.807, 2.05) is 30.3 Å². The minimum Gasteiger partial charge on any atom is -0.325 e. The first-order valence-corrected chi connectivity index (χ1v) is 6.26. The van der Waals surface area contributed by atoms with Crippen molar-refractivity contribution in [3.8, 4) is 0 Å². The van der Waals surface area contributed by atoms with Crippen LogP contribution in [0.5, 0.6) is 0 Å². The number of H-pyrrole nitrogens is 1. The molecule has 0 fully saturated rings. The van der Waals surface area contributed by atoms with E-state index in [-0.39, 0.29) is 0 Å². The van der Waals surface area contributed by atoms with Gasteiger partial charge in [-0.25, -0.2) is 9.78 Å². The highest BCUT2D eigenvalue weighted by Gasteiger charge is 2.14. The Kier molecular flexibility index (Phi) is 2.78. The van der Waals surface area contributed by atoms with Gasteiger partial charge in [0.15, 0.2) is 11.2 Å². The van der Waals surface area contributed by atoms with Crippen LogP contribution in [-0.4, -0.2) is 19.1 Å². The Labute approximate surface area is 114 Å². The highest BCUT2D eigenvalue weighted by atomic mass is 16.2. The van der Waals surface area contributed by atoms with Gasteiger partial charge in [0.2, 0.25) is 0 Å². The molecule has 1 aromatic carbocycles. The van der Waals surface area contributed by atoms with Crippen molar-refractivity contribution in [1.82, 2.24) is 19.1 Å². The average molecular weight is 270 g/mol. The first kappa shape index (κ1) is 12.4. The monoisotopic (exact) mass is 270 g/mol. The number of hydrogen-bond donors (Lipinski definition) is 1. The first-order valence-electron chi connectivity index (χ1n) is 6.26. The molecular formula is C14H14N4O2. The molecule has 0 aliphatic carbocycles. The number of fused-ring (bicyclic) bond motifs is 1. The summed E-state index contributed by atoms with van der Waals surface area (Å²) in [5.41, 5.74) is 1.07. The molecule has 102 valence electrons. The maximum absolute atomic E-state index is 11.9. The molecule has 2 heterocycles. The van der Waals surface area contributed by atoms with Crippen molar-refractivity contribution < 1.29 is 0 Å². The summed E-state index contributed by atoms with van der Waals surface area (Å²) < 4.78 is 3.09. The van der Waals surface area contributed by atoms with E-state index in [2.05, 4.69) is 9.97 Å². The fraction of sp³-hybridized carbons (Fsp3) is 0.214. The molecule has 0 saturated heterocycles. The Morgan fingerprint density at radius 1 is 1.10 bits per heavy atom. The van der Waals surface area contributed by atoms with Gasteiger partial charge in [-0.1, -0.05) is 30.3 Å². The van der Waals surface area contributed by atoms with Crippen molar-refractivity contribution in [2.45, 2.75) is 6.42 Å². The third-order valence-electron chi connectivity index (χ3n) is 3.43. The lowest BCUT2D eigenvalue weighted by Gasteiger charge is -2.01. The topological polar surface area (TPSA) is 72.7 Å². The summed E-state index contributed by atoms with van der Waals surface area (Å²) >= 11 is 0. The third kappa shape index (κ3) is 1.85. The SMILES string of the molecule is Cn1c(Cc2ccccc2)nc2c1c(=O)[nH]c(=O)n2C. The van der Waals surface area contributed by atoms with Crippen LogP contribution in [-0.2, 0) is 20.5 Å². The number of rotatable bonds is 2. The van der Waals surface area contributed by atoms with Crippen LogP contribution in [0.1, 0.15) is 11.4 Å². The fourth-order valence-electron chi connectivity index (χ4n) is 2.29. The lowest BCUT2D eigenvalue weighted by atomic mass is 10.1. The Hall–Kier alpha value is -2.63. The summed E-state index contributed by atoms with van der Waals surface area (Å²) in [5.74, 6) is 0.748. The summed E-state index contributed by atoms with van der Waals surface area (Å²) in [6.45, 7) is 0. The van der Waals surface area contributed by atoms with Crippen LogP contribution >= 0.6 is 0 Å². The molecule has 1 N–H and O–H groups in total. The Morgan fingerprint density at radius 2 is 1.80 bits per heavy atom. The van der Waals surface area contributed by atoms with Crippen LogP contribution in [0.3, 0.4) is 0 Å². The van der Waals surface area contributed by atoms with E-state index < -0.39 is 11.2 Å². The second-order valence-corrected chi connectivity index (χ2v) is 4.74. The van der Waals surface area contributed by atoms with Gasteiger partial charge in [-0.3, -0.25) is 14.3 Å². The second-order valence-electron chi connectivity index (χ2n) is 4.74. The van der Waals surface area contributed by atoms with Crippen molar-refractivity contribution in [1.29, 1.82) is 0 Å². The zero-order valence-corrected chi connectivity index (χ0v) is 11.3. The zero-order valence-electron chi connectivity index (χ0n) is 11.3. The van der Waals surface area contributed by atoms with E-state index in [0.717, 1.165) is 11.4 Å². The Balaban J connectivity index is 2.21. The zero-order chi connectivity index (χ0) is 14.3. The van der Waals surface area contributed by atoms with Crippen LogP contribution in [0, 0.1) is 0 Å². The second kappa shape index (κ2) is 4.48. The van der Waals surface area contributed by atoms with Crippen LogP contribution in [0.4, 0.5) is 0 Å². The Bertz CT molecular complexity index is 887. The van der Waals surface area contributed by atoms with Gasteiger partial charge in [-0.2, -0.15) is 0 Å². The maximum Gasteiger partial charge on any atom is 0.329 e. The van der Waals surface area contributed by atoms with Gasteiger partial charge in [0.05, 0.1) is 0 Å². The van der Waals surface area contributed by atoms with Gasteiger partial charge in [0, 0.05) is 20.5 Å². The minimum absolute atomic E-state index is 0.405. The van der Waals surface area contributed by atoms with E-state index >= 15 is 0 Å². The highest BCUT2D eigenvalue weighted by Crippen LogP contribution is 2.12. The number of aromatic amines is 1. The predicted molar refractivity (Wildman–Crippen MR) is 75.8 cm³/mol. The summed E-state index contributed by atoms with van der Waals surface area (Å²) in [5, 5.41) is 0. The minimum atomic E-state index is -0.452. The maximum atomic E-state index is 11.9. The molecular weight excluding hydrogens is 256 g/mol. The van der Waals surface area contributed by atoms with Crippen molar-refractivity contribution in [3.63, 3.8) is 0 Å². The molecule has 6 heteroatoms. The quantitative estimate of drug-likeness (QED) is 0.739. The highest BCUT2D eigenvalue weighted by molar-refractivity contribution is 5.70. The largest absolute Gasteiger partial charge is 0.329 e. The molecule has 6 nitrogen and oxygen atoms in total. The molecule has 0 aliphatic rings. The molecule has 2 aromatic heterocycles. The van der Waals surface area contributed by atoms with Crippen molar-refractivity contribution >= 4 is 11.2 Å². The lowest BCUT2D eigenvalue weighted by molar-refractivity contribution is 0.828. The molecule has 0 amide bonds. The molecule has 20 heavy (non-hydrogen) atoms. The fourth-order valence-corrected chi connectivity index (χ4v) is 2.29. The van der Waals surface area contributed by atoms with Gasteiger partial charge in [-0.05, 0) is 5.56 Å². The molecule has 0 saturated carbocycles. The van der Waals surface area contributed by atoms with E-state index in [9.17, 15) is 9.59 Å². The van der Waals surface area contributed by atoms with E-state index in [1.165, 1.54) is 4.57 Å². The summed E-state index contributed by atoms with van der Waals surface area (Å²) in [7, 11) is 3.38. The van der Waals surface area contributed by atoms with Crippen LogP contribution in [0.2, 0.25) is 0 Å². The van der Waals surface area contributed by atoms with Gasteiger partial charge < -0.3 is 4.57 Å². The average Bonchev–Trinajstić information content (AvgIpc) is 2.75. The van der Waals surface area contributed by atoms with Gasteiger partial charge in [-0.15, -0.1) is 0 Å². The molecule has 0 radical (unpaired) electrons. The number of benzene rings is 1. The molecule has 0 unspecified atom stereocenters. The van der Waals surface area contributed by atoms with Crippen LogP contribution in [0.25, 0.3) is 11.2 Å². The van der Waals surface area contributed by atoms with Crippen molar-refractivity contribution in [2.24, 2.45) is 14.1 Å². The first-order chi connectivity index (χ1) is 9.58. The molecule has 0 aliphatic heterocycles. The Morgan fingerprint density at radius 3 is 2.50 bits per heavy atom. The summed E-state index contributed by atoms with van der Waals surface area (Å²) in [6.07, 6.45) is 0.611. The normalized spacial score (nSPS) is 11.1. The van der Waals surface area contributed by atoms with Gasteiger partial charge in [0.25, 0.3) is 5.56 Å². The predicted octanol–water partition coefficient (Wildman–Crippen LogP) is 0.551. The van der Waals surface area contributed by atoms with E-state index in [1.54, 1.807) is 18.7 Å². The standard InChI is InChI=1S/C14H14N4O2/c1-17-10(8-9-6-4-3-5-7-9)15-12-11(17)13(19)16-14(20)18(12)2/h3-7H,8H2,1-2H3,(H,16,19,20). The van der Waals surface area contributed by atoms with Crippen molar-refractivity contribution in [2.75, 3.05) is 0 Å². The summed E-state index contributed by atoms with van der Waals surface area (Å²) in [6, 6.07) is 9.87. The number of hydrogen-bond acceptors (Lipinski definition) is 3. The number of nitrogens with one attached hydrogen (secondary N) is 1. The summed E-state index contributed by atoms with van der Waals surface area (Å²) in [4.78, 5) is 30.2. The van der Waals surface area contributed by atoms with Crippen LogP contribution in [0.15, 0.2) is 39.9 Å². The molecule has 3 aromatic rings. The number of aryl methyl sites for hydroxylation is 2. The third-order valence-corrected chi connectivity index (χ3v) is 3.43. The lowest BCUT2D eigenvalue weighted by Crippen LogP contribution is -2.29. The van der Waals surface area contributed by atoms with Gasteiger partial charge in [0.1, 0.15) is 5.82 Å². The number of imidazole rings is 1. The van der Waals surface area contributed by atoms with Crippen LogP contribution < -0.4 is 11.2 Å².